The van der Waals surface area contributed by atoms with Crippen LogP contribution in [0.2, 0.25) is 0 Å². The van der Waals surface area contributed by atoms with Gasteiger partial charge in [0, 0.05) is 9.75 Å². The number of rotatable bonds is 1. The summed E-state index contributed by atoms with van der Waals surface area (Å²) in [6.45, 7) is 4.31. The van der Waals surface area contributed by atoms with Crippen molar-refractivity contribution < 1.29 is 5.11 Å². The van der Waals surface area contributed by atoms with Gasteiger partial charge in [0.05, 0.1) is 6.10 Å². The Labute approximate surface area is 83.4 Å². The number of hydrogen-bond donors (Lipinski definition) is 1. The van der Waals surface area contributed by atoms with Gasteiger partial charge in [-0.2, -0.15) is 0 Å². The molecule has 0 spiro atoms. The van der Waals surface area contributed by atoms with Crippen LogP contribution >= 0.6 is 11.3 Å². The Morgan fingerprint density at radius 1 is 1.38 bits per heavy atom. The van der Waals surface area contributed by atoms with Gasteiger partial charge in [-0.05, 0) is 43.7 Å². The lowest BCUT2D eigenvalue weighted by atomic mass is 9.95. The third kappa shape index (κ3) is 1.65. The SMILES string of the molecule is Cc1ccc(C2CCC(O)C2C)s1. The normalized spacial score (nSPS) is 33.9. The van der Waals surface area contributed by atoms with Crippen molar-refractivity contribution in [1.29, 1.82) is 0 Å². The number of aliphatic hydroxyl groups excluding tert-OH is 1. The summed E-state index contributed by atoms with van der Waals surface area (Å²) in [5.41, 5.74) is 0. The molecule has 1 aromatic rings. The van der Waals surface area contributed by atoms with E-state index in [0.717, 1.165) is 12.8 Å². The molecule has 13 heavy (non-hydrogen) atoms. The predicted octanol–water partition coefficient (Wildman–Crippen LogP) is 2.93. The minimum atomic E-state index is -0.0765. The second-order valence-electron chi connectivity index (χ2n) is 4.06. The van der Waals surface area contributed by atoms with Gasteiger partial charge in [0.25, 0.3) is 0 Å². The molecule has 1 saturated carbocycles. The van der Waals surface area contributed by atoms with Gasteiger partial charge in [0.15, 0.2) is 0 Å². The van der Waals surface area contributed by atoms with Crippen molar-refractivity contribution in [2.24, 2.45) is 5.92 Å². The highest BCUT2D eigenvalue weighted by Gasteiger charge is 2.32. The molecule has 0 aromatic carbocycles. The maximum Gasteiger partial charge on any atom is 0.0572 e. The van der Waals surface area contributed by atoms with E-state index in [4.69, 9.17) is 0 Å². The van der Waals surface area contributed by atoms with Crippen LogP contribution in [0.1, 0.15) is 35.4 Å². The zero-order chi connectivity index (χ0) is 9.42. The fraction of sp³-hybridized carbons (Fsp3) is 0.636. The van der Waals surface area contributed by atoms with Crippen LogP contribution in [0.3, 0.4) is 0 Å². The summed E-state index contributed by atoms with van der Waals surface area (Å²) in [6, 6.07) is 4.40. The molecule has 0 radical (unpaired) electrons. The molecule has 1 aliphatic rings. The molecule has 1 heterocycles. The standard InChI is InChI=1S/C11H16OS/c1-7-3-6-11(13-7)9-4-5-10(12)8(9)2/h3,6,8-10,12H,4-5H2,1-2H3. The van der Waals surface area contributed by atoms with Gasteiger partial charge < -0.3 is 5.11 Å². The van der Waals surface area contributed by atoms with Crippen LogP contribution in [0.5, 0.6) is 0 Å². The molecule has 1 nitrogen and oxygen atoms in total. The first-order valence-corrected chi connectivity index (χ1v) is 5.74. The molecular formula is C11H16OS. The highest BCUT2D eigenvalue weighted by Crippen LogP contribution is 2.41. The molecule has 2 heteroatoms. The van der Waals surface area contributed by atoms with Crippen LogP contribution in [-0.4, -0.2) is 11.2 Å². The quantitative estimate of drug-likeness (QED) is 0.732. The lowest BCUT2D eigenvalue weighted by Gasteiger charge is -2.15. The highest BCUT2D eigenvalue weighted by atomic mass is 32.1. The first-order chi connectivity index (χ1) is 6.18. The Morgan fingerprint density at radius 2 is 2.15 bits per heavy atom. The Kier molecular flexibility index (Phi) is 2.43. The maximum atomic E-state index is 9.64. The molecule has 0 saturated heterocycles. The highest BCUT2D eigenvalue weighted by molar-refractivity contribution is 7.12. The molecule has 1 aliphatic carbocycles. The molecule has 3 atom stereocenters. The average Bonchev–Trinajstić information content (AvgIpc) is 2.62. The third-order valence-electron chi connectivity index (χ3n) is 3.14. The summed E-state index contributed by atoms with van der Waals surface area (Å²) < 4.78 is 0. The molecule has 0 aliphatic heterocycles. The largest absolute Gasteiger partial charge is 0.393 e. The van der Waals surface area contributed by atoms with E-state index in [9.17, 15) is 5.11 Å². The lowest BCUT2D eigenvalue weighted by molar-refractivity contribution is 0.137. The molecule has 0 amide bonds. The van der Waals surface area contributed by atoms with E-state index in [-0.39, 0.29) is 6.10 Å². The maximum absolute atomic E-state index is 9.64. The van der Waals surface area contributed by atoms with Crippen molar-refractivity contribution in [3.8, 4) is 0 Å². The zero-order valence-electron chi connectivity index (χ0n) is 8.16. The monoisotopic (exact) mass is 196 g/mol. The van der Waals surface area contributed by atoms with Gasteiger partial charge in [-0.1, -0.05) is 6.92 Å². The Hall–Kier alpha value is -0.340. The topological polar surface area (TPSA) is 20.2 Å². The van der Waals surface area contributed by atoms with E-state index in [1.54, 1.807) is 0 Å². The number of aliphatic hydroxyl groups is 1. The number of thiophene rings is 1. The third-order valence-corrected chi connectivity index (χ3v) is 4.27. The van der Waals surface area contributed by atoms with Crippen molar-refractivity contribution in [2.75, 3.05) is 0 Å². The van der Waals surface area contributed by atoms with Crippen LogP contribution in [0, 0.1) is 12.8 Å². The van der Waals surface area contributed by atoms with Crippen LogP contribution in [0.15, 0.2) is 12.1 Å². The smallest absolute Gasteiger partial charge is 0.0572 e. The van der Waals surface area contributed by atoms with Crippen molar-refractivity contribution in [3.63, 3.8) is 0 Å². The van der Waals surface area contributed by atoms with Gasteiger partial charge in [-0.3, -0.25) is 0 Å². The zero-order valence-corrected chi connectivity index (χ0v) is 8.97. The molecule has 2 rings (SSSR count). The minimum absolute atomic E-state index is 0.0765. The van der Waals surface area contributed by atoms with Gasteiger partial charge in [-0.25, -0.2) is 0 Å². The minimum Gasteiger partial charge on any atom is -0.393 e. The van der Waals surface area contributed by atoms with E-state index in [1.165, 1.54) is 9.75 Å². The first kappa shape index (κ1) is 9.22. The molecule has 0 bridgehead atoms. The predicted molar refractivity (Wildman–Crippen MR) is 56.2 cm³/mol. The van der Waals surface area contributed by atoms with Crippen molar-refractivity contribution in [2.45, 2.75) is 38.7 Å². The average molecular weight is 196 g/mol. The van der Waals surface area contributed by atoms with E-state index >= 15 is 0 Å². The van der Waals surface area contributed by atoms with Crippen LogP contribution in [-0.2, 0) is 0 Å². The Balaban J connectivity index is 2.18. The molecule has 1 fully saturated rings. The van der Waals surface area contributed by atoms with Gasteiger partial charge in [0.2, 0.25) is 0 Å². The fourth-order valence-electron chi connectivity index (χ4n) is 2.20. The van der Waals surface area contributed by atoms with Crippen molar-refractivity contribution in [3.05, 3.63) is 21.9 Å². The van der Waals surface area contributed by atoms with Gasteiger partial charge in [-0.15, -0.1) is 11.3 Å². The summed E-state index contributed by atoms with van der Waals surface area (Å²) >= 11 is 1.88. The van der Waals surface area contributed by atoms with E-state index in [0.29, 0.717) is 11.8 Å². The number of aryl methyl sites for hydroxylation is 1. The second-order valence-corrected chi connectivity index (χ2v) is 5.38. The summed E-state index contributed by atoms with van der Waals surface area (Å²) in [7, 11) is 0. The van der Waals surface area contributed by atoms with Crippen molar-refractivity contribution >= 4 is 11.3 Å². The van der Waals surface area contributed by atoms with Gasteiger partial charge in [0.1, 0.15) is 0 Å². The van der Waals surface area contributed by atoms with E-state index in [1.807, 2.05) is 11.3 Å². The van der Waals surface area contributed by atoms with Crippen LogP contribution in [0.4, 0.5) is 0 Å². The molecule has 3 unspecified atom stereocenters. The summed E-state index contributed by atoms with van der Waals surface area (Å²) in [6.07, 6.45) is 2.05. The second kappa shape index (κ2) is 3.43. The molecular weight excluding hydrogens is 180 g/mol. The van der Waals surface area contributed by atoms with E-state index in [2.05, 4.69) is 26.0 Å². The number of hydrogen-bond acceptors (Lipinski definition) is 2. The van der Waals surface area contributed by atoms with Gasteiger partial charge >= 0.3 is 0 Å². The summed E-state index contributed by atoms with van der Waals surface area (Å²) in [5.74, 6) is 1.05. The molecule has 72 valence electrons. The van der Waals surface area contributed by atoms with Crippen molar-refractivity contribution in [1.82, 2.24) is 0 Å². The fourth-order valence-corrected chi connectivity index (χ4v) is 3.33. The Morgan fingerprint density at radius 3 is 2.62 bits per heavy atom. The molecule has 1 N–H and O–H groups in total. The van der Waals surface area contributed by atoms with Crippen LogP contribution < -0.4 is 0 Å². The summed E-state index contributed by atoms with van der Waals surface area (Å²) in [5, 5.41) is 9.64. The van der Waals surface area contributed by atoms with E-state index < -0.39 is 0 Å². The lowest BCUT2D eigenvalue weighted by Crippen LogP contribution is -2.13. The first-order valence-electron chi connectivity index (χ1n) is 4.93. The van der Waals surface area contributed by atoms with Crippen LogP contribution in [0.25, 0.3) is 0 Å². The summed E-state index contributed by atoms with van der Waals surface area (Å²) in [4.78, 5) is 2.84. The molecule has 1 aromatic heterocycles. The Bertz CT molecular complexity index is 292.